The van der Waals surface area contributed by atoms with Gasteiger partial charge in [-0.05, 0) is 24.3 Å². The number of nitrogens with zero attached hydrogens (tertiary/aromatic N) is 3. The molecule has 6 heteroatoms. The summed E-state index contributed by atoms with van der Waals surface area (Å²) in [6.07, 6.45) is 1.67. The Morgan fingerprint density at radius 1 is 1.04 bits per heavy atom. The molecule has 0 saturated carbocycles. The van der Waals surface area contributed by atoms with E-state index in [0.717, 1.165) is 32.0 Å². The summed E-state index contributed by atoms with van der Waals surface area (Å²) in [4.78, 5) is 20.3. The molecule has 23 heavy (non-hydrogen) atoms. The largest absolute Gasteiger partial charge is 0.368 e. The molecule has 1 aromatic carbocycles. The maximum absolute atomic E-state index is 11.3. The first-order valence-corrected chi connectivity index (χ1v) is 8.16. The highest BCUT2D eigenvalue weighted by Gasteiger charge is 2.18. The van der Waals surface area contributed by atoms with Gasteiger partial charge in [0.05, 0.1) is 11.9 Å². The second-order valence-electron chi connectivity index (χ2n) is 5.40. The molecule has 3 rings (SSSR count). The maximum atomic E-state index is 11.3. The Morgan fingerprint density at radius 3 is 2.35 bits per heavy atom. The van der Waals surface area contributed by atoms with Crippen molar-refractivity contribution in [3.8, 4) is 0 Å². The molecular formula is C17H19ClN4O. The van der Waals surface area contributed by atoms with Gasteiger partial charge in [-0.15, -0.1) is 11.6 Å². The molecule has 1 aromatic heterocycles. The fourth-order valence-corrected chi connectivity index (χ4v) is 2.74. The number of hydrogen-bond acceptors (Lipinski definition) is 4. The number of aromatic nitrogens is 1. The smallest absolute Gasteiger partial charge is 0.239 e. The molecule has 5 nitrogen and oxygen atoms in total. The number of alkyl halides is 1. The van der Waals surface area contributed by atoms with Crippen molar-refractivity contribution in [2.24, 2.45) is 0 Å². The molecule has 0 spiro atoms. The average Bonchev–Trinajstić information content (AvgIpc) is 2.63. The average molecular weight is 331 g/mol. The summed E-state index contributed by atoms with van der Waals surface area (Å²) in [5, 5.41) is 2.69. The fraction of sp³-hybridized carbons (Fsp3) is 0.294. The summed E-state index contributed by atoms with van der Waals surface area (Å²) < 4.78 is 0. The second-order valence-corrected chi connectivity index (χ2v) is 5.66. The summed E-state index contributed by atoms with van der Waals surface area (Å²) in [5.74, 6) is 0.655. The minimum Gasteiger partial charge on any atom is -0.368 e. The van der Waals surface area contributed by atoms with Crippen LogP contribution in [0.4, 0.5) is 17.2 Å². The number of carbonyl (C=O) groups is 1. The zero-order valence-electron chi connectivity index (χ0n) is 12.8. The number of pyridine rings is 1. The maximum Gasteiger partial charge on any atom is 0.239 e. The van der Waals surface area contributed by atoms with E-state index in [1.54, 1.807) is 6.20 Å². The van der Waals surface area contributed by atoms with E-state index in [1.807, 2.05) is 18.2 Å². The van der Waals surface area contributed by atoms with E-state index in [0.29, 0.717) is 5.69 Å². The van der Waals surface area contributed by atoms with E-state index in [2.05, 4.69) is 44.4 Å². The van der Waals surface area contributed by atoms with Crippen molar-refractivity contribution < 1.29 is 4.79 Å². The van der Waals surface area contributed by atoms with Crippen LogP contribution in [0.5, 0.6) is 0 Å². The van der Waals surface area contributed by atoms with Crippen LogP contribution >= 0.6 is 11.6 Å². The molecule has 1 saturated heterocycles. The van der Waals surface area contributed by atoms with Crippen LogP contribution in [0.2, 0.25) is 0 Å². The number of hydrogen-bond donors (Lipinski definition) is 1. The van der Waals surface area contributed by atoms with Crippen molar-refractivity contribution >= 4 is 34.7 Å². The van der Waals surface area contributed by atoms with Gasteiger partial charge < -0.3 is 15.1 Å². The van der Waals surface area contributed by atoms with Gasteiger partial charge in [0.2, 0.25) is 5.91 Å². The molecule has 2 aromatic rings. The number of amides is 1. The van der Waals surface area contributed by atoms with E-state index >= 15 is 0 Å². The van der Waals surface area contributed by atoms with Gasteiger partial charge in [-0.3, -0.25) is 4.79 Å². The predicted molar refractivity (Wildman–Crippen MR) is 94.5 cm³/mol. The molecule has 1 aliphatic rings. The van der Waals surface area contributed by atoms with E-state index in [4.69, 9.17) is 11.6 Å². The quantitative estimate of drug-likeness (QED) is 0.875. The van der Waals surface area contributed by atoms with Crippen LogP contribution in [0.15, 0.2) is 48.7 Å². The normalized spacial score (nSPS) is 14.7. The number of halogens is 1. The molecule has 0 atom stereocenters. The minimum absolute atomic E-state index is 0.0524. The SMILES string of the molecule is O=C(CCl)Nc1ccc(N2CCN(c3ccccc3)CC2)nc1. The Kier molecular flexibility index (Phi) is 4.98. The molecule has 0 bridgehead atoms. The third-order valence-electron chi connectivity index (χ3n) is 3.88. The predicted octanol–water partition coefficient (Wildman–Crippen LogP) is 2.59. The van der Waals surface area contributed by atoms with Gasteiger partial charge in [-0.2, -0.15) is 0 Å². The third kappa shape index (κ3) is 3.93. The van der Waals surface area contributed by atoms with Crippen LogP contribution in [-0.2, 0) is 4.79 Å². The van der Waals surface area contributed by atoms with Crippen LogP contribution in [0.1, 0.15) is 0 Å². The minimum atomic E-state index is -0.224. The van der Waals surface area contributed by atoms with Crippen molar-refractivity contribution in [1.29, 1.82) is 0 Å². The number of piperazine rings is 1. The van der Waals surface area contributed by atoms with Gasteiger partial charge in [0.15, 0.2) is 0 Å². The Labute approximate surface area is 140 Å². The molecular weight excluding hydrogens is 312 g/mol. The van der Waals surface area contributed by atoms with E-state index in [-0.39, 0.29) is 11.8 Å². The van der Waals surface area contributed by atoms with Crippen LogP contribution < -0.4 is 15.1 Å². The Balaban J connectivity index is 1.58. The lowest BCUT2D eigenvalue weighted by molar-refractivity contribution is -0.113. The van der Waals surface area contributed by atoms with Gasteiger partial charge in [0.1, 0.15) is 11.7 Å². The number of benzene rings is 1. The monoisotopic (exact) mass is 330 g/mol. The van der Waals surface area contributed by atoms with Crippen molar-refractivity contribution in [1.82, 2.24) is 4.98 Å². The fourth-order valence-electron chi connectivity index (χ4n) is 2.67. The first-order chi connectivity index (χ1) is 11.3. The molecule has 0 unspecified atom stereocenters. The summed E-state index contributed by atoms with van der Waals surface area (Å²) in [5.41, 5.74) is 1.93. The molecule has 1 fully saturated rings. The van der Waals surface area contributed by atoms with Gasteiger partial charge in [-0.25, -0.2) is 4.98 Å². The molecule has 1 amide bonds. The summed E-state index contributed by atoms with van der Waals surface area (Å²) >= 11 is 5.47. The zero-order chi connectivity index (χ0) is 16.1. The Hall–Kier alpha value is -2.27. The highest BCUT2D eigenvalue weighted by atomic mass is 35.5. The molecule has 120 valence electrons. The molecule has 2 heterocycles. The van der Waals surface area contributed by atoms with Crippen molar-refractivity contribution in [2.75, 3.05) is 47.2 Å². The number of nitrogens with one attached hydrogen (secondary N) is 1. The van der Waals surface area contributed by atoms with E-state index < -0.39 is 0 Å². The third-order valence-corrected chi connectivity index (χ3v) is 4.12. The van der Waals surface area contributed by atoms with Gasteiger partial charge in [0.25, 0.3) is 0 Å². The molecule has 0 aliphatic carbocycles. The zero-order valence-corrected chi connectivity index (χ0v) is 13.5. The Bertz CT molecular complexity index is 639. The highest BCUT2D eigenvalue weighted by Crippen LogP contribution is 2.19. The summed E-state index contributed by atoms with van der Waals surface area (Å²) in [6, 6.07) is 14.2. The molecule has 1 aliphatic heterocycles. The van der Waals surface area contributed by atoms with Gasteiger partial charge in [-0.1, -0.05) is 18.2 Å². The highest BCUT2D eigenvalue weighted by molar-refractivity contribution is 6.29. The van der Waals surface area contributed by atoms with E-state index in [1.165, 1.54) is 5.69 Å². The first-order valence-electron chi connectivity index (χ1n) is 7.63. The second kappa shape index (κ2) is 7.33. The van der Waals surface area contributed by atoms with Crippen molar-refractivity contribution in [2.45, 2.75) is 0 Å². The molecule has 1 N–H and O–H groups in total. The van der Waals surface area contributed by atoms with Crippen LogP contribution in [0.25, 0.3) is 0 Å². The topological polar surface area (TPSA) is 48.5 Å². The number of anilines is 3. The summed E-state index contributed by atoms with van der Waals surface area (Å²) in [6.45, 7) is 3.79. The molecule has 0 radical (unpaired) electrons. The number of rotatable bonds is 4. The first kappa shape index (κ1) is 15.6. The summed E-state index contributed by atoms with van der Waals surface area (Å²) in [7, 11) is 0. The lowest BCUT2D eigenvalue weighted by Crippen LogP contribution is -2.46. The Morgan fingerprint density at radius 2 is 1.74 bits per heavy atom. The number of para-hydroxylation sites is 1. The van der Waals surface area contributed by atoms with Crippen molar-refractivity contribution in [3.05, 3.63) is 48.7 Å². The lowest BCUT2D eigenvalue weighted by atomic mass is 10.2. The van der Waals surface area contributed by atoms with E-state index in [9.17, 15) is 4.79 Å². The van der Waals surface area contributed by atoms with Gasteiger partial charge in [0, 0.05) is 31.9 Å². The van der Waals surface area contributed by atoms with Gasteiger partial charge >= 0.3 is 0 Å². The van der Waals surface area contributed by atoms with Crippen LogP contribution in [0, 0.1) is 0 Å². The van der Waals surface area contributed by atoms with Crippen molar-refractivity contribution in [3.63, 3.8) is 0 Å². The van der Waals surface area contributed by atoms with Crippen LogP contribution in [0.3, 0.4) is 0 Å². The van der Waals surface area contributed by atoms with Crippen LogP contribution in [-0.4, -0.2) is 43.0 Å². The standard InChI is InChI=1S/C17H19ClN4O/c18-12-17(23)20-14-6-7-16(19-13-14)22-10-8-21(9-11-22)15-4-2-1-3-5-15/h1-7,13H,8-12H2,(H,20,23). The lowest BCUT2D eigenvalue weighted by Gasteiger charge is -2.36. The number of carbonyl (C=O) groups excluding carboxylic acids is 1.